The lowest BCUT2D eigenvalue weighted by molar-refractivity contribution is 0.803. The van der Waals surface area contributed by atoms with E-state index in [2.05, 4.69) is 53.9 Å². The summed E-state index contributed by atoms with van der Waals surface area (Å²) in [6.45, 7) is 3.86. The summed E-state index contributed by atoms with van der Waals surface area (Å²) >= 11 is 0. The van der Waals surface area contributed by atoms with Gasteiger partial charge < -0.3 is 10.6 Å². The lowest BCUT2D eigenvalue weighted by atomic mass is 10.1. The van der Waals surface area contributed by atoms with Gasteiger partial charge in [0.25, 0.3) is 5.95 Å². The molecule has 0 saturated carbocycles. The zero-order valence-electron chi connectivity index (χ0n) is 19.4. The zero-order chi connectivity index (χ0) is 24.8. The van der Waals surface area contributed by atoms with Gasteiger partial charge in [-0.25, -0.2) is 15.0 Å². The van der Waals surface area contributed by atoms with E-state index >= 15 is 0 Å². The number of nitriles is 2. The van der Waals surface area contributed by atoms with Crippen LogP contribution in [0.2, 0.25) is 0 Å². The smallest absolute Gasteiger partial charge is 0.252 e. The molecule has 0 aliphatic heterocycles. The monoisotopic (exact) mass is 463 g/mol. The van der Waals surface area contributed by atoms with Crippen LogP contribution in [0.1, 0.15) is 29.2 Å². The number of azo groups is 1. The van der Waals surface area contributed by atoms with E-state index in [1.807, 2.05) is 30.3 Å². The Balaban J connectivity index is 1.76. The average molecular weight is 464 g/mol. The highest BCUT2D eigenvalue weighted by Gasteiger charge is 2.19. The summed E-state index contributed by atoms with van der Waals surface area (Å²) in [5.41, 5.74) is 3.49. The molecule has 0 fully saturated rings. The third-order valence-electron chi connectivity index (χ3n) is 5.24. The van der Waals surface area contributed by atoms with E-state index < -0.39 is 0 Å². The maximum absolute atomic E-state index is 9.88. The van der Waals surface area contributed by atoms with E-state index in [1.54, 1.807) is 32.4 Å². The van der Waals surface area contributed by atoms with Crippen LogP contribution in [-0.2, 0) is 6.42 Å². The quantitative estimate of drug-likeness (QED) is 0.368. The summed E-state index contributed by atoms with van der Waals surface area (Å²) in [4.78, 5) is 12.9. The molecule has 0 aliphatic carbocycles. The molecule has 1 aromatic carbocycles. The number of benzene rings is 1. The van der Waals surface area contributed by atoms with Crippen LogP contribution in [0.25, 0.3) is 5.95 Å². The highest BCUT2D eigenvalue weighted by molar-refractivity contribution is 5.76. The summed E-state index contributed by atoms with van der Waals surface area (Å²) in [6.07, 6.45) is 5.43. The molecule has 0 atom stereocenters. The van der Waals surface area contributed by atoms with Crippen molar-refractivity contribution < 1.29 is 0 Å². The second kappa shape index (κ2) is 10.2. The highest BCUT2D eigenvalue weighted by Crippen LogP contribution is 2.36. The molecule has 0 bridgehead atoms. The molecule has 3 aromatic heterocycles. The third-order valence-corrected chi connectivity index (χ3v) is 5.24. The molecule has 11 nitrogen and oxygen atoms in total. The standard InChI is InChI=1S/C24H21N11/c1-4-16-6-8-18(9-7-16)31-21-19(13-26)15(2)20(22(27-3)32-21)33-34-23-17(12-25)14-30-35(23)24-28-10-5-11-29-24/h5-11,14H,4H2,1-3H3,(H2,27,31,32). The molecule has 0 saturated heterocycles. The van der Waals surface area contributed by atoms with Crippen LogP contribution in [0.3, 0.4) is 0 Å². The van der Waals surface area contributed by atoms with Gasteiger partial charge in [0.15, 0.2) is 17.5 Å². The molecule has 172 valence electrons. The Bertz CT molecular complexity index is 1460. The fourth-order valence-corrected chi connectivity index (χ4v) is 3.34. The molecule has 4 rings (SSSR count). The lowest BCUT2D eigenvalue weighted by Gasteiger charge is -2.14. The van der Waals surface area contributed by atoms with Crippen LogP contribution in [0, 0.1) is 29.6 Å². The summed E-state index contributed by atoms with van der Waals surface area (Å²) in [5.74, 6) is 1.23. The summed E-state index contributed by atoms with van der Waals surface area (Å²) in [5, 5.41) is 38.4. The Kier molecular flexibility index (Phi) is 6.70. The molecular formula is C24H21N11. The molecule has 0 spiro atoms. The zero-order valence-corrected chi connectivity index (χ0v) is 19.4. The number of aryl methyl sites for hydroxylation is 1. The van der Waals surface area contributed by atoms with Crippen molar-refractivity contribution in [3.8, 4) is 18.1 Å². The van der Waals surface area contributed by atoms with Gasteiger partial charge in [-0.3, -0.25) is 0 Å². The number of anilines is 3. The van der Waals surface area contributed by atoms with E-state index in [0.29, 0.717) is 28.5 Å². The fraction of sp³-hybridized carbons (Fsp3) is 0.167. The van der Waals surface area contributed by atoms with E-state index in [9.17, 15) is 10.5 Å². The molecule has 11 heteroatoms. The van der Waals surface area contributed by atoms with Crippen LogP contribution in [0.4, 0.5) is 28.8 Å². The van der Waals surface area contributed by atoms with Gasteiger partial charge in [-0.15, -0.1) is 10.2 Å². The number of aromatic nitrogens is 5. The van der Waals surface area contributed by atoms with Crippen LogP contribution in [0.5, 0.6) is 0 Å². The molecule has 2 N–H and O–H groups in total. The largest absolute Gasteiger partial charge is 0.371 e. The number of rotatable bonds is 7. The molecule has 0 amide bonds. The Morgan fingerprint density at radius 1 is 1.03 bits per heavy atom. The first kappa shape index (κ1) is 23.0. The maximum Gasteiger partial charge on any atom is 0.252 e. The van der Waals surface area contributed by atoms with Gasteiger partial charge in [-0.2, -0.15) is 20.3 Å². The van der Waals surface area contributed by atoms with Crippen LogP contribution < -0.4 is 10.6 Å². The fourth-order valence-electron chi connectivity index (χ4n) is 3.34. The molecule has 35 heavy (non-hydrogen) atoms. The van der Waals surface area contributed by atoms with Crippen molar-refractivity contribution in [2.45, 2.75) is 20.3 Å². The topological polar surface area (TPSA) is 153 Å². The summed E-state index contributed by atoms with van der Waals surface area (Å²) < 4.78 is 1.32. The first-order chi connectivity index (χ1) is 17.1. The first-order valence-corrected chi connectivity index (χ1v) is 10.7. The number of hydrogen-bond acceptors (Lipinski definition) is 10. The number of hydrogen-bond donors (Lipinski definition) is 2. The van der Waals surface area contributed by atoms with Gasteiger partial charge in [-0.05, 0) is 37.1 Å². The van der Waals surface area contributed by atoms with Crippen molar-refractivity contribution in [3.05, 3.63) is 71.2 Å². The van der Waals surface area contributed by atoms with Crippen LogP contribution in [0.15, 0.2) is 59.2 Å². The number of nitrogens with one attached hydrogen (secondary N) is 2. The predicted molar refractivity (Wildman–Crippen MR) is 130 cm³/mol. The highest BCUT2D eigenvalue weighted by atomic mass is 15.4. The van der Waals surface area contributed by atoms with Crippen molar-refractivity contribution in [3.63, 3.8) is 0 Å². The maximum atomic E-state index is 9.88. The molecule has 4 aromatic rings. The van der Waals surface area contributed by atoms with Gasteiger partial charge in [0, 0.05) is 30.7 Å². The minimum absolute atomic E-state index is 0.164. The SMILES string of the molecule is CCc1ccc(Nc2nc(NC)c(N=Nc3c(C#N)cnn3-c3ncccn3)c(C)c2C#N)cc1. The minimum Gasteiger partial charge on any atom is -0.371 e. The Hall–Kier alpha value is -5.16. The minimum atomic E-state index is 0.164. The summed E-state index contributed by atoms with van der Waals surface area (Å²) in [7, 11) is 1.70. The number of nitrogens with zero attached hydrogens (tertiary/aromatic N) is 9. The van der Waals surface area contributed by atoms with E-state index in [4.69, 9.17) is 0 Å². The second-order valence-electron chi connectivity index (χ2n) is 7.35. The Labute approximate surface area is 201 Å². The molecule has 0 radical (unpaired) electrons. The van der Waals surface area contributed by atoms with Gasteiger partial charge in [0.05, 0.1) is 11.8 Å². The molecule has 0 unspecified atom stereocenters. The van der Waals surface area contributed by atoms with Gasteiger partial charge in [-0.1, -0.05) is 19.1 Å². The van der Waals surface area contributed by atoms with Gasteiger partial charge in [0.2, 0.25) is 0 Å². The van der Waals surface area contributed by atoms with Crippen molar-refractivity contribution in [2.24, 2.45) is 10.2 Å². The first-order valence-electron chi connectivity index (χ1n) is 10.7. The van der Waals surface area contributed by atoms with E-state index in [-0.39, 0.29) is 17.3 Å². The van der Waals surface area contributed by atoms with Crippen molar-refractivity contribution in [2.75, 3.05) is 17.7 Å². The van der Waals surface area contributed by atoms with Crippen LogP contribution in [-0.4, -0.2) is 31.8 Å². The van der Waals surface area contributed by atoms with E-state index in [1.165, 1.54) is 16.4 Å². The molecular weight excluding hydrogens is 442 g/mol. The predicted octanol–water partition coefficient (Wildman–Crippen LogP) is 4.87. The van der Waals surface area contributed by atoms with Crippen molar-refractivity contribution in [1.29, 1.82) is 10.5 Å². The van der Waals surface area contributed by atoms with Crippen LogP contribution >= 0.6 is 0 Å². The van der Waals surface area contributed by atoms with Gasteiger partial charge in [0.1, 0.15) is 23.4 Å². The Morgan fingerprint density at radius 3 is 2.40 bits per heavy atom. The van der Waals surface area contributed by atoms with E-state index in [0.717, 1.165) is 12.1 Å². The molecule has 3 heterocycles. The Morgan fingerprint density at radius 2 is 1.77 bits per heavy atom. The van der Waals surface area contributed by atoms with Crippen molar-refractivity contribution in [1.82, 2.24) is 24.7 Å². The molecule has 0 aliphatic rings. The lowest BCUT2D eigenvalue weighted by Crippen LogP contribution is -2.04. The second-order valence-corrected chi connectivity index (χ2v) is 7.35. The average Bonchev–Trinajstić information content (AvgIpc) is 3.32. The van der Waals surface area contributed by atoms with Gasteiger partial charge >= 0.3 is 0 Å². The van der Waals surface area contributed by atoms with Crippen molar-refractivity contribution >= 4 is 28.8 Å². The summed E-state index contributed by atoms with van der Waals surface area (Å²) in [6, 6.07) is 13.9. The number of pyridine rings is 1. The third kappa shape index (κ3) is 4.65. The normalized spacial score (nSPS) is 10.7.